The van der Waals surface area contributed by atoms with Gasteiger partial charge < -0.3 is 19.0 Å². The highest BCUT2D eigenvalue weighted by Crippen LogP contribution is 2.21. The molecule has 5 nitrogen and oxygen atoms in total. The Morgan fingerprint density at radius 2 is 2.12 bits per heavy atom. The molecule has 0 amide bonds. The topological polar surface area (TPSA) is 56.4 Å². The number of nitrogens with zero attached hydrogens (tertiary/aromatic N) is 1. The minimum Gasteiger partial charge on any atom is -0.465 e. The molecule has 0 bridgehead atoms. The molecule has 1 N–H and O–H groups in total. The molecule has 0 radical (unpaired) electrons. The first-order chi connectivity index (χ1) is 11.7. The van der Waals surface area contributed by atoms with Gasteiger partial charge in [-0.25, -0.2) is 0 Å². The van der Waals surface area contributed by atoms with E-state index in [4.69, 9.17) is 9.15 Å². The molecule has 3 rings (SSSR count). The number of fused-ring (bicyclic) bond motifs is 1. The highest BCUT2D eigenvalue weighted by Gasteiger charge is 2.21. The molecule has 1 aliphatic carbocycles. The standard InChI is InChI=1S/C19H26N2O3/c1-3-16-6-7-17(24-16)13-20-15-5-8-18-14(12-15)4-9-19(22)21(18)10-11-23-2/h4,6-7,9,15,20H,3,5,8,10-13H2,1-2H3/t15-/m0/s1. The molecule has 5 heteroatoms. The lowest BCUT2D eigenvalue weighted by molar-refractivity contribution is 0.184. The van der Waals surface area contributed by atoms with E-state index in [-0.39, 0.29) is 5.56 Å². The molecule has 24 heavy (non-hydrogen) atoms. The maximum Gasteiger partial charge on any atom is 0.250 e. The predicted octanol–water partition coefficient (Wildman–Crippen LogP) is 2.30. The van der Waals surface area contributed by atoms with E-state index in [9.17, 15) is 4.79 Å². The Hall–Kier alpha value is -1.85. The van der Waals surface area contributed by atoms with Crippen LogP contribution in [0.1, 0.15) is 36.1 Å². The van der Waals surface area contributed by atoms with E-state index in [1.54, 1.807) is 13.2 Å². The first-order valence-electron chi connectivity index (χ1n) is 8.72. The maximum absolute atomic E-state index is 12.1. The van der Waals surface area contributed by atoms with Crippen LogP contribution in [0.15, 0.2) is 33.5 Å². The number of aromatic nitrogens is 1. The lowest BCUT2D eigenvalue weighted by Crippen LogP contribution is -2.37. The van der Waals surface area contributed by atoms with Gasteiger partial charge >= 0.3 is 0 Å². The minimum absolute atomic E-state index is 0.0693. The molecule has 2 heterocycles. The van der Waals surface area contributed by atoms with Crippen LogP contribution in [0.3, 0.4) is 0 Å². The van der Waals surface area contributed by atoms with Crippen molar-refractivity contribution in [1.82, 2.24) is 9.88 Å². The second-order valence-corrected chi connectivity index (χ2v) is 6.33. The average molecular weight is 330 g/mol. The number of furan rings is 1. The Balaban J connectivity index is 1.65. The Labute approximate surface area is 142 Å². The quantitative estimate of drug-likeness (QED) is 0.846. The van der Waals surface area contributed by atoms with Crippen molar-refractivity contribution < 1.29 is 9.15 Å². The summed E-state index contributed by atoms with van der Waals surface area (Å²) in [6.07, 6.45) is 3.83. The van der Waals surface area contributed by atoms with Crippen LogP contribution in [0.5, 0.6) is 0 Å². The van der Waals surface area contributed by atoms with Crippen molar-refractivity contribution >= 4 is 0 Å². The molecule has 0 aliphatic heterocycles. The lowest BCUT2D eigenvalue weighted by atomic mass is 9.91. The van der Waals surface area contributed by atoms with E-state index in [0.717, 1.165) is 43.7 Å². The van der Waals surface area contributed by atoms with E-state index in [0.29, 0.717) is 19.2 Å². The molecule has 2 aromatic heterocycles. The number of aryl methyl sites for hydroxylation is 1. The molecule has 0 fully saturated rings. The van der Waals surface area contributed by atoms with Crippen LogP contribution < -0.4 is 10.9 Å². The van der Waals surface area contributed by atoms with Gasteiger partial charge in [0.2, 0.25) is 0 Å². The predicted molar refractivity (Wildman–Crippen MR) is 93.3 cm³/mol. The maximum atomic E-state index is 12.1. The van der Waals surface area contributed by atoms with Gasteiger partial charge in [0, 0.05) is 37.9 Å². The summed E-state index contributed by atoms with van der Waals surface area (Å²) in [5.74, 6) is 2.02. The summed E-state index contributed by atoms with van der Waals surface area (Å²) in [5.41, 5.74) is 2.51. The van der Waals surface area contributed by atoms with Crippen molar-refractivity contribution in [3.8, 4) is 0 Å². The van der Waals surface area contributed by atoms with Crippen molar-refractivity contribution in [1.29, 1.82) is 0 Å². The van der Waals surface area contributed by atoms with E-state index in [1.165, 1.54) is 11.3 Å². The van der Waals surface area contributed by atoms with E-state index < -0.39 is 0 Å². The van der Waals surface area contributed by atoms with Crippen LogP contribution >= 0.6 is 0 Å². The van der Waals surface area contributed by atoms with Gasteiger partial charge in [-0.1, -0.05) is 13.0 Å². The number of nitrogens with one attached hydrogen (secondary N) is 1. The molecule has 2 aromatic rings. The van der Waals surface area contributed by atoms with E-state index in [1.807, 2.05) is 22.8 Å². The van der Waals surface area contributed by atoms with Gasteiger partial charge in [-0.05, 0) is 37.0 Å². The molecular formula is C19H26N2O3. The molecular weight excluding hydrogens is 304 g/mol. The van der Waals surface area contributed by atoms with E-state index in [2.05, 4.69) is 12.2 Å². The lowest BCUT2D eigenvalue weighted by Gasteiger charge is -2.27. The molecule has 1 aliphatic rings. The van der Waals surface area contributed by atoms with Crippen molar-refractivity contribution in [2.45, 2.75) is 51.7 Å². The van der Waals surface area contributed by atoms with Crippen LogP contribution in [0.2, 0.25) is 0 Å². The first-order valence-corrected chi connectivity index (χ1v) is 8.72. The van der Waals surface area contributed by atoms with Crippen molar-refractivity contribution in [3.63, 3.8) is 0 Å². The second kappa shape index (κ2) is 7.81. The summed E-state index contributed by atoms with van der Waals surface area (Å²) < 4.78 is 12.7. The Morgan fingerprint density at radius 1 is 1.29 bits per heavy atom. The summed E-state index contributed by atoms with van der Waals surface area (Å²) in [5, 5.41) is 3.59. The second-order valence-electron chi connectivity index (χ2n) is 6.33. The SMILES string of the molecule is CCc1ccc(CN[C@H]2CCc3c(ccc(=O)n3CCOC)C2)o1. The Kier molecular flexibility index (Phi) is 5.53. The Morgan fingerprint density at radius 3 is 2.88 bits per heavy atom. The number of pyridine rings is 1. The number of methoxy groups -OCH3 is 1. The van der Waals surface area contributed by atoms with Crippen LogP contribution in [0.4, 0.5) is 0 Å². The zero-order valence-corrected chi connectivity index (χ0v) is 14.5. The average Bonchev–Trinajstić information content (AvgIpc) is 3.07. The summed E-state index contributed by atoms with van der Waals surface area (Å²) in [7, 11) is 1.67. The van der Waals surface area contributed by atoms with Crippen molar-refractivity contribution in [3.05, 3.63) is 57.4 Å². The number of ether oxygens (including phenoxy) is 1. The Bertz CT molecular complexity index is 732. The van der Waals surface area contributed by atoms with Crippen molar-refractivity contribution in [2.24, 2.45) is 0 Å². The molecule has 1 atom stereocenters. The van der Waals surface area contributed by atoms with Gasteiger partial charge in [-0.15, -0.1) is 0 Å². The van der Waals surface area contributed by atoms with E-state index >= 15 is 0 Å². The number of hydrogen-bond acceptors (Lipinski definition) is 4. The van der Waals surface area contributed by atoms with Crippen LogP contribution in [-0.4, -0.2) is 24.3 Å². The summed E-state index contributed by atoms with van der Waals surface area (Å²) in [6, 6.07) is 8.17. The van der Waals surface area contributed by atoms with Gasteiger partial charge in [-0.3, -0.25) is 4.79 Å². The summed E-state index contributed by atoms with van der Waals surface area (Å²) in [4.78, 5) is 12.1. The third-order valence-electron chi connectivity index (χ3n) is 4.74. The highest BCUT2D eigenvalue weighted by molar-refractivity contribution is 5.25. The van der Waals surface area contributed by atoms with Gasteiger partial charge in [-0.2, -0.15) is 0 Å². The zero-order valence-electron chi connectivity index (χ0n) is 14.5. The van der Waals surface area contributed by atoms with Crippen LogP contribution in [0.25, 0.3) is 0 Å². The largest absolute Gasteiger partial charge is 0.465 e. The molecule has 0 aromatic carbocycles. The fourth-order valence-corrected chi connectivity index (χ4v) is 3.38. The number of rotatable bonds is 7. The summed E-state index contributed by atoms with van der Waals surface area (Å²) >= 11 is 0. The summed E-state index contributed by atoms with van der Waals surface area (Å²) in [6.45, 7) is 4.04. The molecule has 130 valence electrons. The fraction of sp³-hybridized carbons (Fsp3) is 0.526. The van der Waals surface area contributed by atoms with Gasteiger partial charge in [0.05, 0.1) is 13.2 Å². The highest BCUT2D eigenvalue weighted by atomic mass is 16.5. The van der Waals surface area contributed by atoms with Crippen molar-refractivity contribution in [2.75, 3.05) is 13.7 Å². The molecule has 0 saturated carbocycles. The van der Waals surface area contributed by atoms with Crippen LogP contribution in [0, 0.1) is 0 Å². The third kappa shape index (κ3) is 3.79. The molecule has 0 saturated heterocycles. The minimum atomic E-state index is 0.0693. The fourth-order valence-electron chi connectivity index (χ4n) is 3.38. The van der Waals surface area contributed by atoms with Gasteiger partial charge in [0.25, 0.3) is 5.56 Å². The molecule has 0 spiro atoms. The normalized spacial score (nSPS) is 17.0. The smallest absolute Gasteiger partial charge is 0.250 e. The van der Waals surface area contributed by atoms with Crippen LogP contribution in [-0.2, 0) is 37.1 Å². The van der Waals surface area contributed by atoms with Gasteiger partial charge in [0.15, 0.2) is 0 Å². The third-order valence-corrected chi connectivity index (χ3v) is 4.74. The monoisotopic (exact) mass is 330 g/mol. The zero-order chi connectivity index (χ0) is 16.9. The molecule has 0 unspecified atom stereocenters. The number of hydrogen-bond donors (Lipinski definition) is 1. The van der Waals surface area contributed by atoms with Gasteiger partial charge in [0.1, 0.15) is 11.5 Å². The first kappa shape index (κ1) is 17.0.